The van der Waals surface area contributed by atoms with Gasteiger partial charge in [0.15, 0.2) is 0 Å². The first-order valence-electron chi connectivity index (χ1n) is 3.62. The quantitative estimate of drug-likeness (QED) is 0.543. The van der Waals surface area contributed by atoms with Crippen LogP contribution in [0, 0.1) is 0 Å². The van der Waals surface area contributed by atoms with Gasteiger partial charge in [0.2, 0.25) is 0 Å². The van der Waals surface area contributed by atoms with Crippen LogP contribution in [-0.4, -0.2) is 15.3 Å². The molecule has 4 nitrogen and oxygen atoms in total. The van der Waals surface area contributed by atoms with E-state index in [1.54, 1.807) is 6.20 Å². The van der Waals surface area contributed by atoms with Crippen molar-refractivity contribution in [3.8, 4) is 0 Å². The lowest BCUT2D eigenvalue weighted by atomic mass is 10.2. The third kappa shape index (κ3) is 0.567. The molecule has 0 atom stereocenters. The molecule has 0 bridgehead atoms. The van der Waals surface area contributed by atoms with Crippen molar-refractivity contribution in [2.75, 3.05) is 0 Å². The number of hydrogen-bond acceptors (Lipinski definition) is 3. The van der Waals surface area contributed by atoms with Crippen LogP contribution in [0.25, 0.3) is 21.9 Å². The molecular weight excluding hydrogens is 154 g/mol. The maximum atomic E-state index is 4.74. The number of H-pyrrole nitrogens is 1. The molecule has 0 spiro atoms. The van der Waals surface area contributed by atoms with E-state index in [2.05, 4.69) is 15.3 Å². The summed E-state index contributed by atoms with van der Waals surface area (Å²) in [6.45, 7) is 0. The van der Waals surface area contributed by atoms with Gasteiger partial charge in [-0.1, -0.05) is 5.16 Å². The van der Waals surface area contributed by atoms with E-state index in [1.807, 2.05) is 18.2 Å². The van der Waals surface area contributed by atoms with Crippen LogP contribution in [0.1, 0.15) is 0 Å². The van der Waals surface area contributed by atoms with E-state index in [0.717, 1.165) is 21.9 Å². The minimum absolute atomic E-state index is 0.838. The molecule has 0 aliphatic carbocycles. The van der Waals surface area contributed by atoms with Crippen LogP contribution < -0.4 is 0 Å². The summed E-state index contributed by atoms with van der Waals surface area (Å²) in [7, 11) is 0. The first-order valence-corrected chi connectivity index (χ1v) is 3.62. The molecule has 3 rings (SSSR count). The largest absolute Gasteiger partial charge is 0.270 e. The van der Waals surface area contributed by atoms with Crippen molar-refractivity contribution >= 4 is 21.9 Å². The van der Waals surface area contributed by atoms with E-state index >= 15 is 0 Å². The lowest BCUT2D eigenvalue weighted by Gasteiger charge is -1.86. The van der Waals surface area contributed by atoms with Gasteiger partial charge in [0.25, 0.3) is 0 Å². The predicted molar refractivity (Wildman–Crippen MR) is 43.7 cm³/mol. The van der Waals surface area contributed by atoms with E-state index < -0.39 is 0 Å². The zero-order chi connectivity index (χ0) is 7.97. The van der Waals surface area contributed by atoms with Crippen molar-refractivity contribution in [3.63, 3.8) is 0 Å². The van der Waals surface area contributed by atoms with Gasteiger partial charge in [-0.2, -0.15) is 5.16 Å². The Morgan fingerprint density at radius 3 is 3.25 bits per heavy atom. The highest BCUT2D eigenvalue weighted by molar-refractivity contribution is 6.02. The summed E-state index contributed by atoms with van der Waals surface area (Å²) in [5.74, 6) is 0. The van der Waals surface area contributed by atoms with Crippen LogP contribution in [0.15, 0.2) is 29.0 Å². The van der Waals surface area contributed by atoms with Crippen molar-refractivity contribution in [1.82, 2.24) is 15.3 Å². The minimum atomic E-state index is 0.838. The van der Waals surface area contributed by atoms with E-state index in [1.165, 1.54) is 0 Å². The molecule has 12 heavy (non-hydrogen) atoms. The monoisotopic (exact) mass is 159 g/mol. The molecule has 0 saturated heterocycles. The topological polar surface area (TPSA) is 54.7 Å². The van der Waals surface area contributed by atoms with Crippen molar-refractivity contribution in [1.29, 1.82) is 0 Å². The lowest BCUT2D eigenvalue weighted by molar-refractivity contribution is 0.316. The number of nitrogens with one attached hydrogen (secondary N) is 1. The van der Waals surface area contributed by atoms with Gasteiger partial charge >= 0.3 is 0 Å². The number of fused-ring (bicyclic) bond motifs is 3. The van der Waals surface area contributed by atoms with Gasteiger partial charge in [-0.25, -0.2) is 0 Å². The van der Waals surface area contributed by atoms with Crippen LogP contribution in [0.2, 0.25) is 0 Å². The normalized spacial score (nSPS) is 11.3. The second kappa shape index (κ2) is 1.85. The van der Waals surface area contributed by atoms with Crippen molar-refractivity contribution in [2.24, 2.45) is 0 Å². The molecule has 0 aliphatic heterocycles. The minimum Gasteiger partial charge on any atom is -0.270 e. The Morgan fingerprint density at radius 2 is 2.25 bits per heavy atom. The summed E-state index contributed by atoms with van der Waals surface area (Å²) in [5.41, 5.74) is 2.69. The number of aromatic nitrogens is 3. The predicted octanol–water partition coefficient (Wildman–Crippen LogP) is 1.70. The molecular formula is C8H5N3O. The Labute approximate surface area is 67.1 Å². The number of aromatic amines is 1. The number of nitrogens with zero attached hydrogens (tertiary/aromatic N) is 2. The molecule has 4 heteroatoms. The smallest absolute Gasteiger partial charge is 0.141 e. The highest BCUT2D eigenvalue weighted by atomic mass is 16.6. The van der Waals surface area contributed by atoms with Gasteiger partial charge in [-0.3, -0.25) is 9.61 Å². The summed E-state index contributed by atoms with van der Waals surface area (Å²) in [6.07, 6.45) is 1.76. The molecule has 0 radical (unpaired) electrons. The van der Waals surface area contributed by atoms with E-state index in [9.17, 15) is 0 Å². The molecule has 0 saturated carbocycles. The maximum absolute atomic E-state index is 4.74. The van der Waals surface area contributed by atoms with Crippen LogP contribution in [-0.2, 0) is 0 Å². The molecule has 1 N–H and O–H groups in total. The number of hydrogen-bond donors (Lipinski definition) is 1. The Bertz CT molecular complexity index is 487. The fourth-order valence-corrected chi connectivity index (χ4v) is 1.36. The highest BCUT2D eigenvalue weighted by Gasteiger charge is 2.04. The van der Waals surface area contributed by atoms with Crippen LogP contribution in [0.3, 0.4) is 0 Å². The average molecular weight is 159 g/mol. The third-order valence-corrected chi connectivity index (χ3v) is 1.94. The van der Waals surface area contributed by atoms with E-state index in [-0.39, 0.29) is 0 Å². The van der Waals surface area contributed by atoms with Gasteiger partial charge in [-0.15, -0.1) is 0 Å². The first kappa shape index (κ1) is 5.77. The average Bonchev–Trinajstić information content (AvgIpc) is 2.71. The Kier molecular flexibility index (Phi) is 0.889. The summed E-state index contributed by atoms with van der Waals surface area (Å²) in [4.78, 5) is 4.15. The summed E-state index contributed by atoms with van der Waals surface area (Å²) >= 11 is 0. The molecule has 58 valence electrons. The van der Waals surface area contributed by atoms with E-state index in [4.69, 9.17) is 4.63 Å². The summed E-state index contributed by atoms with van der Waals surface area (Å²) in [5, 5.41) is 7.56. The Morgan fingerprint density at radius 1 is 1.25 bits per heavy atom. The fraction of sp³-hybridized carbons (Fsp3) is 0. The highest BCUT2D eigenvalue weighted by Crippen LogP contribution is 2.20. The van der Waals surface area contributed by atoms with Crippen LogP contribution >= 0.6 is 0 Å². The summed E-state index contributed by atoms with van der Waals surface area (Å²) in [6, 6.07) is 5.76. The zero-order valence-corrected chi connectivity index (χ0v) is 6.11. The molecule has 2 aromatic heterocycles. The molecule has 0 amide bonds. The number of benzene rings is 1. The van der Waals surface area contributed by atoms with Gasteiger partial charge in [-0.05, 0) is 18.2 Å². The molecule has 0 aliphatic rings. The van der Waals surface area contributed by atoms with Crippen LogP contribution in [0.4, 0.5) is 0 Å². The first-order chi connectivity index (χ1) is 5.95. The standard InChI is InChI=1S/C8H5N3O/c1-2-7-8(11-12-10-7)5-3-4-9-6(1)5/h1-4,10H. The maximum Gasteiger partial charge on any atom is 0.141 e. The molecule has 3 aromatic rings. The molecule has 1 aromatic carbocycles. The second-order valence-electron chi connectivity index (χ2n) is 2.62. The van der Waals surface area contributed by atoms with Gasteiger partial charge in [0.1, 0.15) is 11.0 Å². The molecule has 0 unspecified atom stereocenters. The van der Waals surface area contributed by atoms with Gasteiger partial charge < -0.3 is 0 Å². The molecule has 0 fully saturated rings. The Hall–Kier alpha value is -1.84. The van der Waals surface area contributed by atoms with Crippen molar-refractivity contribution in [3.05, 3.63) is 24.4 Å². The SMILES string of the molecule is c1cc2c(ccc3[nH]onc32)n1. The lowest BCUT2D eigenvalue weighted by Crippen LogP contribution is -1.70. The zero-order valence-electron chi connectivity index (χ0n) is 6.11. The fourth-order valence-electron chi connectivity index (χ4n) is 1.36. The van der Waals surface area contributed by atoms with Crippen molar-refractivity contribution in [2.45, 2.75) is 0 Å². The van der Waals surface area contributed by atoms with Gasteiger partial charge in [0.05, 0.1) is 5.52 Å². The Balaban J connectivity index is 2.71. The van der Waals surface area contributed by atoms with Crippen molar-refractivity contribution < 1.29 is 4.63 Å². The summed E-state index contributed by atoms with van der Waals surface area (Å²) < 4.78 is 4.74. The number of rotatable bonds is 0. The van der Waals surface area contributed by atoms with Gasteiger partial charge in [0, 0.05) is 11.6 Å². The second-order valence-corrected chi connectivity index (χ2v) is 2.62. The third-order valence-electron chi connectivity index (χ3n) is 1.94. The van der Waals surface area contributed by atoms with Crippen LogP contribution in [0.5, 0.6) is 0 Å². The molecule has 2 heterocycles. The van der Waals surface area contributed by atoms with E-state index in [0.29, 0.717) is 0 Å².